The monoisotopic (exact) mass is 359 g/mol. The van der Waals surface area contributed by atoms with E-state index in [4.69, 9.17) is 10.5 Å². The van der Waals surface area contributed by atoms with Crippen molar-refractivity contribution < 1.29 is 19.1 Å². The van der Waals surface area contributed by atoms with Crippen LogP contribution in [0.4, 0.5) is 0 Å². The first-order valence-electron chi connectivity index (χ1n) is 8.70. The summed E-state index contributed by atoms with van der Waals surface area (Å²) >= 11 is 0. The molecular weight excluding hydrogens is 334 g/mol. The minimum Gasteiger partial charge on any atom is -0.464 e. The summed E-state index contributed by atoms with van der Waals surface area (Å²) in [6.45, 7) is 5.64. The fourth-order valence-electron chi connectivity index (χ4n) is 2.73. The average Bonchev–Trinajstić information content (AvgIpc) is 2.68. The van der Waals surface area contributed by atoms with Crippen LogP contribution in [0.3, 0.4) is 0 Å². The van der Waals surface area contributed by atoms with Gasteiger partial charge in [0.25, 0.3) is 5.91 Å². The van der Waals surface area contributed by atoms with Gasteiger partial charge in [0.05, 0.1) is 6.42 Å². The van der Waals surface area contributed by atoms with E-state index in [0.29, 0.717) is 37.3 Å². The third-order valence-electron chi connectivity index (χ3n) is 4.35. The molecule has 2 rings (SSSR count). The molecule has 0 aromatic heterocycles. The van der Waals surface area contributed by atoms with Crippen molar-refractivity contribution in [1.29, 1.82) is 0 Å². The van der Waals surface area contributed by atoms with Gasteiger partial charge in [-0.3, -0.25) is 14.5 Å². The number of esters is 1. The quantitative estimate of drug-likeness (QED) is 0.566. The second-order valence-corrected chi connectivity index (χ2v) is 6.31. The third-order valence-corrected chi connectivity index (χ3v) is 4.35. The molecule has 1 aromatic carbocycles. The summed E-state index contributed by atoms with van der Waals surface area (Å²) in [5.41, 5.74) is 7.58. The second kappa shape index (κ2) is 9.87. The molecule has 26 heavy (non-hydrogen) atoms. The number of amides is 1. The molecule has 1 aliphatic heterocycles. The lowest BCUT2D eigenvalue weighted by molar-refractivity contribution is -0.143. The van der Waals surface area contributed by atoms with Crippen LogP contribution in [0.5, 0.6) is 0 Å². The lowest BCUT2D eigenvalue weighted by Crippen LogP contribution is -2.49. The van der Waals surface area contributed by atoms with E-state index >= 15 is 0 Å². The Kier molecular flexibility index (Phi) is 7.53. The summed E-state index contributed by atoms with van der Waals surface area (Å²) in [5.74, 6) is 1.29. The van der Waals surface area contributed by atoms with Crippen molar-refractivity contribution in [2.24, 2.45) is 5.73 Å². The van der Waals surface area contributed by atoms with Crippen LogP contribution in [-0.4, -0.2) is 66.9 Å². The molecule has 1 fully saturated rings. The highest BCUT2D eigenvalue weighted by Crippen LogP contribution is 2.10. The van der Waals surface area contributed by atoms with Crippen molar-refractivity contribution in [3.05, 3.63) is 41.0 Å². The highest BCUT2D eigenvalue weighted by Gasteiger charge is 2.22. The number of ether oxygens (including phenoxy) is 1. The molecular formula is C19H25N3O4. The van der Waals surface area contributed by atoms with Gasteiger partial charge in [-0.1, -0.05) is 12.1 Å². The molecule has 0 unspecified atom stereocenters. The zero-order valence-electron chi connectivity index (χ0n) is 15.1. The molecule has 140 valence electrons. The number of hydrogen-bond donors (Lipinski definition) is 1. The summed E-state index contributed by atoms with van der Waals surface area (Å²) in [7, 11) is 0. The van der Waals surface area contributed by atoms with Crippen molar-refractivity contribution >= 4 is 17.8 Å². The normalized spacial score (nSPS) is 14.6. The van der Waals surface area contributed by atoms with Crippen molar-refractivity contribution in [1.82, 2.24) is 9.80 Å². The summed E-state index contributed by atoms with van der Waals surface area (Å²) < 4.78 is 5.11. The van der Waals surface area contributed by atoms with Crippen LogP contribution in [0.25, 0.3) is 0 Å². The number of rotatable bonds is 7. The Bertz CT molecular complexity index is 673. The number of hydrogen-bond acceptors (Lipinski definition) is 6. The van der Waals surface area contributed by atoms with Gasteiger partial charge >= 0.3 is 5.97 Å². The van der Waals surface area contributed by atoms with Gasteiger partial charge in [0.15, 0.2) is 0 Å². The van der Waals surface area contributed by atoms with Crippen LogP contribution in [0, 0.1) is 0 Å². The predicted octanol–water partition coefficient (Wildman–Crippen LogP) is 0.614. The van der Waals surface area contributed by atoms with Gasteiger partial charge in [-0.15, -0.1) is 0 Å². The molecule has 1 saturated heterocycles. The minimum atomic E-state index is -0.416. The summed E-state index contributed by atoms with van der Waals surface area (Å²) in [6.07, 6.45) is -0.0191. The average molecular weight is 359 g/mol. The van der Waals surface area contributed by atoms with Crippen molar-refractivity contribution in [3.8, 4) is 0 Å². The zero-order chi connectivity index (χ0) is 18.9. The van der Waals surface area contributed by atoms with Gasteiger partial charge in [0, 0.05) is 50.4 Å². The van der Waals surface area contributed by atoms with Crippen LogP contribution < -0.4 is 5.73 Å². The van der Waals surface area contributed by atoms with Gasteiger partial charge in [-0.25, -0.2) is 4.79 Å². The molecule has 7 heteroatoms. The number of carbonyl (C=O) groups excluding carboxylic acids is 3. The highest BCUT2D eigenvalue weighted by atomic mass is 16.5. The molecule has 0 spiro atoms. The zero-order valence-corrected chi connectivity index (χ0v) is 15.1. The molecule has 0 bridgehead atoms. The van der Waals surface area contributed by atoms with Crippen LogP contribution in [0.2, 0.25) is 0 Å². The Balaban J connectivity index is 1.72. The molecule has 7 nitrogen and oxygen atoms in total. The topological polar surface area (TPSA) is 92.9 Å². The van der Waals surface area contributed by atoms with Crippen molar-refractivity contribution in [2.45, 2.75) is 19.9 Å². The van der Waals surface area contributed by atoms with E-state index in [1.165, 1.54) is 0 Å². The third kappa shape index (κ3) is 5.81. The first-order valence-corrected chi connectivity index (χ1v) is 8.70. The van der Waals surface area contributed by atoms with Crippen LogP contribution >= 0.6 is 0 Å². The molecule has 1 aliphatic rings. The maximum atomic E-state index is 12.5. The van der Waals surface area contributed by atoms with E-state index in [9.17, 15) is 14.4 Å². The van der Waals surface area contributed by atoms with Gasteiger partial charge in [-0.2, -0.15) is 0 Å². The molecule has 1 aromatic rings. The molecule has 0 saturated carbocycles. The van der Waals surface area contributed by atoms with E-state index in [0.717, 1.165) is 18.7 Å². The van der Waals surface area contributed by atoms with Crippen LogP contribution in [-0.2, 0) is 20.9 Å². The summed E-state index contributed by atoms with van der Waals surface area (Å²) in [4.78, 5) is 38.4. The lowest BCUT2D eigenvalue weighted by atomic mass is 10.1. The maximum Gasteiger partial charge on any atom is 0.310 e. The second-order valence-electron chi connectivity index (χ2n) is 6.31. The van der Waals surface area contributed by atoms with Crippen molar-refractivity contribution in [3.63, 3.8) is 0 Å². The Morgan fingerprint density at radius 2 is 1.81 bits per heavy atom. The van der Waals surface area contributed by atoms with Gasteiger partial charge in [0.2, 0.25) is 0 Å². The maximum absolute atomic E-state index is 12.5. The number of nitrogens with zero attached hydrogens (tertiary/aromatic N) is 2. The SMILES string of the molecule is CC(=C=O)CC(=O)OCCN1CCN(C(=O)c2ccc(CN)cc2)CC1. The smallest absolute Gasteiger partial charge is 0.310 e. The Labute approximate surface area is 153 Å². The first kappa shape index (κ1) is 19.8. The largest absolute Gasteiger partial charge is 0.464 e. The molecule has 0 radical (unpaired) electrons. The van der Waals surface area contributed by atoms with Crippen molar-refractivity contribution in [2.75, 3.05) is 39.3 Å². The molecule has 0 aliphatic carbocycles. The van der Waals surface area contributed by atoms with Crippen LogP contribution in [0.1, 0.15) is 29.3 Å². The first-order chi connectivity index (χ1) is 12.5. The highest BCUT2D eigenvalue weighted by molar-refractivity contribution is 5.94. The van der Waals surface area contributed by atoms with E-state index < -0.39 is 5.97 Å². The van der Waals surface area contributed by atoms with Gasteiger partial charge < -0.3 is 15.4 Å². The van der Waals surface area contributed by atoms with Crippen LogP contribution in [0.15, 0.2) is 29.8 Å². The van der Waals surface area contributed by atoms with Gasteiger partial charge in [0.1, 0.15) is 12.5 Å². The molecule has 1 heterocycles. The van der Waals surface area contributed by atoms with E-state index in [2.05, 4.69) is 4.90 Å². The number of nitrogens with two attached hydrogens (primary N) is 1. The summed E-state index contributed by atoms with van der Waals surface area (Å²) in [6, 6.07) is 7.37. The fraction of sp³-hybridized carbons (Fsp3) is 0.474. The molecule has 1 amide bonds. The fourth-order valence-corrected chi connectivity index (χ4v) is 2.73. The van der Waals surface area contributed by atoms with E-state index in [1.807, 2.05) is 29.2 Å². The predicted molar refractivity (Wildman–Crippen MR) is 97.1 cm³/mol. The molecule has 2 N–H and O–H groups in total. The number of benzene rings is 1. The Hall–Kier alpha value is -2.47. The Morgan fingerprint density at radius 3 is 2.38 bits per heavy atom. The van der Waals surface area contributed by atoms with E-state index in [-0.39, 0.29) is 18.9 Å². The van der Waals surface area contributed by atoms with E-state index in [1.54, 1.807) is 12.9 Å². The standard InChI is InChI=1S/C19H25N3O4/c1-15(14-23)12-18(24)26-11-10-21-6-8-22(9-7-21)19(25)17-4-2-16(13-20)3-5-17/h2-5H,6-13,20H2,1H3. The molecule has 0 atom stereocenters. The Morgan fingerprint density at radius 1 is 1.15 bits per heavy atom. The number of piperazine rings is 1. The van der Waals surface area contributed by atoms with Gasteiger partial charge in [-0.05, 0) is 24.6 Å². The summed E-state index contributed by atoms with van der Waals surface area (Å²) in [5, 5.41) is 0. The minimum absolute atomic E-state index is 0.0191. The lowest BCUT2D eigenvalue weighted by Gasteiger charge is -2.34. The number of carbonyl (C=O) groups is 2.